The first-order valence-corrected chi connectivity index (χ1v) is 7.31. The summed E-state index contributed by atoms with van der Waals surface area (Å²) < 4.78 is 6.38. The number of nitrogens with zero attached hydrogens (tertiary/aromatic N) is 2. The van der Waals surface area contributed by atoms with Gasteiger partial charge in [-0.15, -0.1) is 5.10 Å². The van der Waals surface area contributed by atoms with E-state index in [4.69, 9.17) is 4.74 Å². The highest BCUT2D eigenvalue weighted by molar-refractivity contribution is 7.99. The monoisotopic (exact) mass is 317 g/mol. The van der Waals surface area contributed by atoms with Crippen LogP contribution in [-0.2, 0) is 20.9 Å². The summed E-state index contributed by atoms with van der Waals surface area (Å²) in [6.45, 7) is 0.927. The summed E-state index contributed by atoms with van der Waals surface area (Å²) in [5, 5.41) is 11.5. The number of aromatic amines is 1. The molecule has 0 atom stereocenters. The van der Waals surface area contributed by atoms with E-state index in [0.29, 0.717) is 24.7 Å². The number of H-pyrrole nitrogens is 1. The first-order valence-electron chi connectivity index (χ1n) is 6.32. The van der Waals surface area contributed by atoms with Gasteiger partial charge in [-0.25, -0.2) is 9.89 Å². The van der Waals surface area contributed by atoms with E-state index in [0.717, 1.165) is 11.8 Å². The minimum atomic E-state index is -0.320. The molecule has 3 N–H and O–H groups in total. The predicted molar refractivity (Wildman–Crippen MR) is 77.1 cm³/mol. The van der Waals surface area contributed by atoms with Gasteiger partial charge in [-0.05, 0) is 6.42 Å². The average Bonchev–Trinajstić information content (AvgIpc) is 2.83. The van der Waals surface area contributed by atoms with Crippen LogP contribution in [0, 0.1) is 0 Å². The van der Waals surface area contributed by atoms with Crippen LogP contribution in [0.5, 0.6) is 0 Å². The molecule has 1 rings (SSSR count). The van der Waals surface area contributed by atoms with Crippen LogP contribution < -0.4 is 16.3 Å². The second kappa shape index (κ2) is 9.19. The van der Waals surface area contributed by atoms with Crippen molar-refractivity contribution in [2.75, 3.05) is 33.1 Å². The number of rotatable bonds is 9. The molecule has 0 spiro atoms. The maximum absolute atomic E-state index is 11.6. The van der Waals surface area contributed by atoms with Gasteiger partial charge in [-0.1, -0.05) is 11.8 Å². The van der Waals surface area contributed by atoms with Crippen molar-refractivity contribution in [1.82, 2.24) is 25.4 Å². The lowest BCUT2D eigenvalue weighted by Crippen LogP contribution is -2.36. The van der Waals surface area contributed by atoms with E-state index in [2.05, 4.69) is 20.8 Å². The van der Waals surface area contributed by atoms with Crippen LogP contribution in [-0.4, -0.2) is 59.6 Å². The quantitative estimate of drug-likeness (QED) is 0.379. The number of amides is 2. The largest absolute Gasteiger partial charge is 0.385 e. The van der Waals surface area contributed by atoms with E-state index >= 15 is 0 Å². The van der Waals surface area contributed by atoms with Crippen LogP contribution in [0.4, 0.5) is 0 Å². The van der Waals surface area contributed by atoms with Crippen LogP contribution in [0.25, 0.3) is 0 Å². The van der Waals surface area contributed by atoms with Crippen LogP contribution in [0.3, 0.4) is 0 Å². The van der Waals surface area contributed by atoms with E-state index in [9.17, 15) is 14.4 Å². The third-order valence-corrected chi connectivity index (χ3v) is 3.49. The summed E-state index contributed by atoms with van der Waals surface area (Å²) in [4.78, 5) is 34.1. The van der Waals surface area contributed by atoms with Gasteiger partial charge in [-0.2, -0.15) is 0 Å². The van der Waals surface area contributed by atoms with E-state index in [-0.39, 0.29) is 29.8 Å². The number of likely N-dealkylation sites (N-methyl/N-ethyl adjacent to an activating group) is 1. The fraction of sp³-hybridized carbons (Fsp3) is 0.636. The normalized spacial score (nSPS) is 10.4. The molecule has 0 aliphatic carbocycles. The number of thioether (sulfide) groups is 1. The smallest absolute Gasteiger partial charge is 0.343 e. The van der Waals surface area contributed by atoms with E-state index < -0.39 is 0 Å². The molecule has 21 heavy (non-hydrogen) atoms. The van der Waals surface area contributed by atoms with Crippen molar-refractivity contribution >= 4 is 23.6 Å². The minimum Gasteiger partial charge on any atom is -0.385 e. The lowest BCUT2D eigenvalue weighted by atomic mass is 10.4. The molecule has 0 saturated heterocycles. The topological polar surface area (TPSA) is 118 Å². The van der Waals surface area contributed by atoms with Gasteiger partial charge in [0, 0.05) is 27.3 Å². The highest BCUT2D eigenvalue weighted by Crippen LogP contribution is 2.12. The number of nitrogens with one attached hydrogen (secondary N) is 3. The Morgan fingerprint density at radius 2 is 2.19 bits per heavy atom. The molecule has 10 heteroatoms. The van der Waals surface area contributed by atoms with Crippen molar-refractivity contribution in [3.8, 4) is 0 Å². The average molecular weight is 317 g/mol. The van der Waals surface area contributed by atoms with Gasteiger partial charge in [0.1, 0.15) is 0 Å². The third kappa shape index (κ3) is 6.00. The number of ether oxygens (including phenoxy) is 1. The SMILES string of the molecule is CNC(=O)CNC(=O)CSc1n[nH]c(=O)n1CCCOC. The summed E-state index contributed by atoms with van der Waals surface area (Å²) in [5.74, 6) is -0.502. The third-order valence-electron chi connectivity index (χ3n) is 2.51. The molecule has 118 valence electrons. The Morgan fingerprint density at radius 3 is 2.86 bits per heavy atom. The molecular weight excluding hydrogens is 298 g/mol. The molecule has 0 fully saturated rings. The fourth-order valence-electron chi connectivity index (χ4n) is 1.43. The van der Waals surface area contributed by atoms with E-state index in [1.165, 1.54) is 11.6 Å². The highest BCUT2D eigenvalue weighted by atomic mass is 32.2. The van der Waals surface area contributed by atoms with Crippen molar-refractivity contribution < 1.29 is 14.3 Å². The van der Waals surface area contributed by atoms with Crippen LogP contribution >= 0.6 is 11.8 Å². The van der Waals surface area contributed by atoms with Crippen molar-refractivity contribution in [2.45, 2.75) is 18.1 Å². The molecule has 0 aliphatic heterocycles. The Balaban J connectivity index is 2.46. The summed E-state index contributed by atoms with van der Waals surface area (Å²) in [6.07, 6.45) is 0.673. The lowest BCUT2D eigenvalue weighted by molar-refractivity contribution is -0.124. The Kier molecular flexibility index (Phi) is 7.54. The number of carbonyl (C=O) groups excluding carboxylic acids is 2. The predicted octanol–water partition coefficient (Wildman–Crippen LogP) is -1.44. The Bertz CT molecular complexity index is 527. The summed E-state index contributed by atoms with van der Waals surface area (Å²) in [7, 11) is 3.08. The fourth-order valence-corrected chi connectivity index (χ4v) is 2.23. The Labute approximate surface area is 125 Å². The number of carbonyl (C=O) groups is 2. The maximum atomic E-state index is 11.6. The molecule has 1 heterocycles. The van der Waals surface area contributed by atoms with Gasteiger partial charge in [0.2, 0.25) is 11.8 Å². The standard InChI is InChI=1S/C11H19N5O4S/c1-12-8(17)6-13-9(18)7-21-11-15-14-10(19)16(11)4-3-5-20-2/h3-7H2,1-2H3,(H,12,17)(H,13,18)(H,14,19). The van der Waals surface area contributed by atoms with Gasteiger partial charge >= 0.3 is 5.69 Å². The number of hydrogen-bond acceptors (Lipinski definition) is 6. The van der Waals surface area contributed by atoms with Gasteiger partial charge < -0.3 is 15.4 Å². The van der Waals surface area contributed by atoms with Crippen LogP contribution in [0.1, 0.15) is 6.42 Å². The molecule has 0 radical (unpaired) electrons. The molecule has 2 amide bonds. The van der Waals surface area contributed by atoms with Gasteiger partial charge in [0.25, 0.3) is 0 Å². The lowest BCUT2D eigenvalue weighted by Gasteiger charge is -2.06. The molecule has 0 aromatic carbocycles. The second-order valence-electron chi connectivity index (χ2n) is 4.05. The number of hydrogen-bond donors (Lipinski definition) is 3. The molecule has 0 aliphatic rings. The van der Waals surface area contributed by atoms with Crippen molar-refractivity contribution in [1.29, 1.82) is 0 Å². The molecule has 1 aromatic heterocycles. The summed E-state index contributed by atoms with van der Waals surface area (Å²) in [5.41, 5.74) is -0.320. The van der Waals surface area contributed by atoms with E-state index in [1.54, 1.807) is 7.11 Å². The van der Waals surface area contributed by atoms with E-state index in [1.807, 2.05) is 0 Å². The first kappa shape index (κ1) is 17.2. The van der Waals surface area contributed by atoms with Gasteiger partial charge in [-0.3, -0.25) is 14.2 Å². The summed E-state index contributed by atoms with van der Waals surface area (Å²) >= 11 is 1.13. The van der Waals surface area contributed by atoms with Crippen LogP contribution in [0.2, 0.25) is 0 Å². The first-order chi connectivity index (χ1) is 10.1. The summed E-state index contributed by atoms with van der Waals surface area (Å²) in [6, 6.07) is 0. The number of methoxy groups -OCH3 is 1. The zero-order valence-corrected chi connectivity index (χ0v) is 12.8. The Morgan fingerprint density at radius 1 is 1.43 bits per heavy atom. The highest BCUT2D eigenvalue weighted by Gasteiger charge is 2.11. The molecule has 0 bridgehead atoms. The van der Waals surface area contributed by atoms with Crippen molar-refractivity contribution in [3.05, 3.63) is 10.5 Å². The Hall–Kier alpha value is -1.81. The minimum absolute atomic E-state index is 0.0723. The van der Waals surface area contributed by atoms with Gasteiger partial charge in [0.15, 0.2) is 5.16 Å². The van der Waals surface area contributed by atoms with Crippen LogP contribution in [0.15, 0.2) is 9.95 Å². The zero-order chi connectivity index (χ0) is 15.7. The molecular formula is C11H19N5O4S. The molecule has 0 saturated carbocycles. The number of aromatic nitrogens is 3. The second-order valence-corrected chi connectivity index (χ2v) is 4.99. The zero-order valence-electron chi connectivity index (χ0n) is 12.0. The maximum Gasteiger partial charge on any atom is 0.343 e. The van der Waals surface area contributed by atoms with Crippen molar-refractivity contribution in [2.24, 2.45) is 0 Å². The van der Waals surface area contributed by atoms with Gasteiger partial charge in [0.05, 0.1) is 12.3 Å². The molecule has 0 unspecified atom stereocenters. The molecule has 9 nitrogen and oxygen atoms in total. The van der Waals surface area contributed by atoms with Crippen molar-refractivity contribution in [3.63, 3.8) is 0 Å². The molecule has 1 aromatic rings.